The van der Waals surface area contributed by atoms with Crippen LogP contribution in [-0.4, -0.2) is 35.9 Å². The van der Waals surface area contributed by atoms with E-state index in [4.69, 9.17) is 4.74 Å². The first-order chi connectivity index (χ1) is 9.04. The van der Waals surface area contributed by atoms with E-state index in [0.29, 0.717) is 13.2 Å². The number of aliphatic hydroxyl groups is 1. The van der Waals surface area contributed by atoms with Gasteiger partial charge in [0, 0.05) is 13.2 Å². The lowest BCUT2D eigenvalue weighted by atomic mass is 9.78. The van der Waals surface area contributed by atoms with E-state index in [9.17, 15) is 9.90 Å². The lowest BCUT2D eigenvalue weighted by Gasteiger charge is -2.36. The molecule has 1 saturated carbocycles. The molecule has 1 aliphatic carbocycles. The fourth-order valence-corrected chi connectivity index (χ4v) is 3.26. The second-order valence-corrected chi connectivity index (χ2v) is 6.26. The number of carbonyl (C=O) groups excluding carboxylic acids is 1. The van der Waals surface area contributed by atoms with Crippen molar-refractivity contribution in [2.24, 2.45) is 11.8 Å². The molecule has 4 nitrogen and oxygen atoms in total. The highest BCUT2D eigenvalue weighted by atomic mass is 16.5. The fourth-order valence-electron chi connectivity index (χ4n) is 3.26. The standard InChI is InChI=1S/C15H27NO3/c1-3-12-4-7-15(18,8-5-12)10-16-14(17)13-6-9-19-11(13)2/h11-13,18H,3-10H2,1-2H3,(H,16,17). The first kappa shape index (κ1) is 14.8. The number of hydrogen-bond acceptors (Lipinski definition) is 3. The summed E-state index contributed by atoms with van der Waals surface area (Å²) in [5.74, 6) is 0.742. The molecule has 1 heterocycles. The molecule has 2 unspecified atom stereocenters. The highest BCUT2D eigenvalue weighted by molar-refractivity contribution is 5.79. The van der Waals surface area contributed by atoms with Crippen molar-refractivity contribution in [2.45, 2.75) is 64.1 Å². The molecule has 110 valence electrons. The van der Waals surface area contributed by atoms with Gasteiger partial charge in [0.05, 0.1) is 17.6 Å². The Labute approximate surface area is 115 Å². The summed E-state index contributed by atoms with van der Waals surface area (Å²) >= 11 is 0. The maximum atomic E-state index is 12.1. The Bertz CT molecular complexity index is 311. The van der Waals surface area contributed by atoms with Gasteiger partial charge in [0.2, 0.25) is 5.91 Å². The van der Waals surface area contributed by atoms with Crippen LogP contribution in [0.3, 0.4) is 0 Å². The Morgan fingerprint density at radius 2 is 2.05 bits per heavy atom. The van der Waals surface area contributed by atoms with Crippen molar-refractivity contribution >= 4 is 5.91 Å². The van der Waals surface area contributed by atoms with Gasteiger partial charge in [0.15, 0.2) is 0 Å². The molecule has 2 N–H and O–H groups in total. The summed E-state index contributed by atoms with van der Waals surface area (Å²) in [6.45, 7) is 5.21. The van der Waals surface area contributed by atoms with Gasteiger partial charge in [-0.3, -0.25) is 4.79 Å². The molecule has 0 aromatic rings. The van der Waals surface area contributed by atoms with E-state index in [-0.39, 0.29) is 17.9 Å². The first-order valence-corrected chi connectivity index (χ1v) is 7.66. The monoisotopic (exact) mass is 269 g/mol. The van der Waals surface area contributed by atoms with Crippen LogP contribution in [-0.2, 0) is 9.53 Å². The van der Waals surface area contributed by atoms with Gasteiger partial charge in [-0.2, -0.15) is 0 Å². The second-order valence-electron chi connectivity index (χ2n) is 6.26. The number of ether oxygens (including phenoxy) is 1. The average Bonchev–Trinajstić information content (AvgIpc) is 2.83. The third-order valence-corrected chi connectivity index (χ3v) is 4.92. The highest BCUT2D eigenvalue weighted by Crippen LogP contribution is 2.33. The molecule has 0 aromatic heterocycles. The Kier molecular flexibility index (Phi) is 4.85. The SMILES string of the molecule is CCC1CCC(O)(CNC(=O)C2CCOC2C)CC1. The van der Waals surface area contributed by atoms with Crippen LogP contribution in [0.15, 0.2) is 0 Å². The number of hydrogen-bond donors (Lipinski definition) is 2. The summed E-state index contributed by atoms with van der Waals surface area (Å²) in [4.78, 5) is 12.1. The van der Waals surface area contributed by atoms with E-state index in [1.807, 2.05) is 6.92 Å². The van der Waals surface area contributed by atoms with Crippen molar-refractivity contribution in [3.8, 4) is 0 Å². The van der Waals surface area contributed by atoms with Gasteiger partial charge in [-0.15, -0.1) is 0 Å². The van der Waals surface area contributed by atoms with Gasteiger partial charge >= 0.3 is 0 Å². The summed E-state index contributed by atoms with van der Waals surface area (Å²) in [5, 5.41) is 13.4. The van der Waals surface area contributed by atoms with Crippen LogP contribution in [0.25, 0.3) is 0 Å². The Morgan fingerprint density at radius 1 is 1.37 bits per heavy atom. The first-order valence-electron chi connectivity index (χ1n) is 7.66. The normalized spacial score (nSPS) is 39.2. The van der Waals surface area contributed by atoms with Crippen LogP contribution in [0.4, 0.5) is 0 Å². The number of carbonyl (C=O) groups is 1. The van der Waals surface area contributed by atoms with Crippen LogP contribution in [0.1, 0.15) is 52.4 Å². The predicted octanol–water partition coefficient (Wildman–Crippen LogP) is 1.86. The van der Waals surface area contributed by atoms with Crippen LogP contribution < -0.4 is 5.32 Å². The zero-order valence-electron chi connectivity index (χ0n) is 12.2. The van der Waals surface area contributed by atoms with Gasteiger partial charge in [-0.05, 0) is 44.9 Å². The zero-order valence-corrected chi connectivity index (χ0v) is 12.2. The Balaban J connectivity index is 1.77. The van der Waals surface area contributed by atoms with Gasteiger partial charge in [0.1, 0.15) is 0 Å². The van der Waals surface area contributed by atoms with Crippen molar-refractivity contribution in [3.63, 3.8) is 0 Å². The Morgan fingerprint density at radius 3 is 2.58 bits per heavy atom. The van der Waals surface area contributed by atoms with Crippen molar-refractivity contribution in [3.05, 3.63) is 0 Å². The van der Waals surface area contributed by atoms with Crippen molar-refractivity contribution in [1.29, 1.82) is 0 Å². The molecule has 2 atom stereocenters. The molecule has 4 heteroatoms. The molecule has 0 spiro atoms. The van der Waals surface area contributed by atoms with Crippen LogP contribution in [0, 0.1) is 11.8 Å². The number of amides is 1. The lowest BCUT2D eigenvalue weighted by molar-refractivity contribution is -0.128. The van der Waals surface area contributed by atoms with Gasteiger partial charge in [-0.25, -0.2) is 0 Å². The predicted molar refractivity (Wildman–Crippen MR) is 73.7 cm³/mol. The smallest absolute Gasteiger partial charge is 0.225 e. The summed E-state index contributed by atoms with van der Waals surface area (Å²) < 4.78 is 5.41. The number of rotatable bonds is 4. The third-order valence-electron chi connectivity index (χ3n) is 4.92. The average molecular weight is 269 g/mol. The molecular weight excluding hydrogens is 242 g/mol. The highest BCUT2D eigenvalue weighted by Gasteiger charge is 2.35. The van der Waals surface area contributed by atoms with E-state index in [1.54, 1.807) is 0 Å². The summed E-state index contributed by atoms with van der Waals surface area (Å²) in [6, 6.07) is 0. The molecule has 0 bridgehead atoms. The van der Waals surface area contributed by atoms with Crippen molar-refractivity contribution < 1.29 is 14.6 Å². The molecule has 1 saturated heterocycles. The molecule has 1 amide bonds. The van der Waals surface area contributed by atoms with E-state index < -0.39 is 5.60 Å². The van der Waals surface area contributed by atoms with E-state index >= 15 is 0 Å². The molecule has 1 aliphatic heterocycles. The number of nitrogens with one attached hydrogen (secondary N) is 1. The topological polar surface area (TPSA) is 58.6 Å². The summed E-state index contributed by atoms with van der Waals surface area (Å²) in [6.07, 6.45) is 5.76. The molecule has 0 radical (unpaired) electrons. The van der Waals surface area contributed by atoms with Crippen LogP contribution >= 0.6 is 0 Å². The van der Waals surface area contributed by atoms with E-state index in [1.165, 1.54) is 6.42 Å². The summed E-state index contributed by atoms with van der Waals surface area (Å²) in [5.41, 5.74) is -0.690. The molecule has 2 aliphatic rings. The molecule has 0 aromatic carbocycles. The van der Waals surface area contributed by atoms with Crippen molar-refractivity contribution in [1.82, 2.24) is 5.32 Å². The van der Waals surface area contributed by atoms with Gasteiger partial charge < -0.3 is 15.2 Å². The lowest BCUT2D eigenvalue weighted by Crippen LogP contribution is -2.47. The van der Waals surface area contributed by atoms with Crippen molar-refractivity contribution in [2.75, 3.05) is 13.2 Å². The van der Waals surface area contributed by atoms with Crippen LogP contribution in [0.5, 0.6) is 0 Å². The molecule has 2 rings (SSSR count). The minimum Gasteiger partial charge on any atom is -0.388 e. The Hall–Kier alpha value is -0.610. The minimum atomic E-state index is -0.690. The minimum absolute atomic E-state index is 0.00507. The third kappa shape index (κ3) is 3.69. The maximum Gasteiger partial charge on any atom is 0.225 e. The zero-order chi connectivity index (χ0) is 13.9. The van der Waals surface area contributed by atoms with Gasteiger partial charge in [-0.1, -0.05) is 13.3 Å². The van der Waals surface area contributed by atoms with E-state index in [0.717, 1.165) is 38.0 Å². The second kappa shape index (κ2) is 6.23. The maximum absolute atomic E-state index is 12.1. The molecular formula is C15H27NO3. The van der Waals surface area contributed by atoms with Gasteiger partial charge in [0.25, 0.3) is 0 Å². The largest absolute Gasteiger partial charge is 0.388 e. The van der Waals surface area contributed by atoms with Crippen LogP contribution in [0.2, 0.25) is 0 Å². The van der Waals surface area contributed by atoms with E-state index in [2.05, 4.69) is 12.2 Å². The molecule has 2 fully saturated rings. The molecule has 19 heavy (non-hydrogen) atoms. The summed E-state index contributed by atoms with van der Waals surface area (Å²) in [7, 11) is 0. The quantitative estimate of drug-likeness (QED) is 0.819. The fraction of sp³-hybridized carbons (Fsp3) is 0.933.